The molecule has 1 aromatic carbocycles. The van der Waals surface area contributed by atoms with Crippen molar-refractivity contribution in [2.75, 3.05) is 0 Å². The van der Waals surface area contributed by atoms with Gasteiger partial charge in [-0.3, -0.25) is 4.79 Å². The zero-order valence-electron chi connectivity index (χ0n) is 11.6. The number of ketones is 1. The Morgan fingerprint density at radius 3 is 2.76 bits per heavy atom. The van der Waals surface area contributed by atoms with E-state index in [1.807, 2.05) is 0 Å². The minimum atomic E-state index is 0.120. The number of carbonyl (C=O) groups excluding carboxylic acids is 1. The Balaban J connectivity index is 2.52. The van der Waals surface area contributed by atoms with E-state index < -0.39 is 0 Å². The molecule has 0 spiro atoms. The van der Waals surface area contributed by atoms with Crippen molar-refractivity contribution >= 4 is 23.2 Å². The second kappa shape index (κ2) is 6.61. The summed E-state index contributed by atoms with van der Waals surface area (Å²) < 4.78 is 0. The van der Waals surface area contributed by atoms with Crippen LogP contribution in [0.5, 0.6) is 0 Å². The van der Waals surface area contributed by atoms with Gasteiger partial charge in [-0.1, -0.05) is 35.4 Å². The van der Waals surface area contributed by atoms with Crippen LogP contribution in [0.4, 0.5) is 11.4 Å². The molecule has 0 saturated heterocycles. The maximum atomic E-state index is 12.0. The van der Waals surface area contributed by atoms with Crippen LogP contribution in [0.15, 0.2) is 34.0 Å². The van der Waals surface area contributed by atoms with E-state index in [1.54, 1.807) is 24.3 Å². The second-order valence-corrected chi connectivity index (χ2v) is 5.03. The van der Waals surface area contributed by atoms with Crippen molar-refractivity contribution < 1.29 is 4.79 Å². The molecule has 1 unspecified atom stereocenters. The molecule has 1 saturated carbocycles. The van der Waals surface area contributed by atoms with Crippen LogP contribution in [0.1, 0.15) is 31.7 Å². The first kappa shape index (κ1) is 14.7. The topological polar surface area (TPSA) is 115 Å². The van der Waals surface area contributed by atoms with E-state index in [-0.39, 0.29) is 17.2 Å². The van der Waals surface area contributed by atoms with Crippen LogP contribution in [0, 0.1) is 5.92 Å². The fourth-order valence-electron chi connectivity index (χ4n) is 2.40. The van der Waals surface area contributed by atoms with Gasteiger partial charge >= 0.3 is 0 Å². The molecule has 1 fully saturated rings. The molecule has 1 aromatic rings. The van der Waals surface area contributed by atoms with Crippen LogP contribution in [-0.4, -0.2) is 5.78 Å². The summed E-state index contributed by atoms with van der Waals surface area (Å²) in [5, 5.41) is 7.11. The molecule has 7 heteroatoms. The van der Waals surface area contributed by atoms with Crippen molar-refractivity contribution in [2.45, 2.75) is 26.2 Å². The molecule has 2 rings (SSSR count). The summed E-state index contributed by atoms with van der Waals surface area (Å²) in [7, 11) is 0. The van der Waals surface area contributed by atoms with Gasteiger partial charge in [0.05, 0.1) is 5.69 Å². The molecule has 1 atom stereocenters. The van der Waals surface area contributed by atoms with Crippen molar-refractivity contribution in [2.24, 2.45) is 16.1 Å². The highest BCUT2D eigenvalue weighted by Gasteiger charge is 2.20. The summed E-state index contributed by atoms with van der Waals surface area (Å²) >= 11 is 0. The van der Waals surface area contributed by atoms with Crippen LogP contribution >= 0.6 is 0 Å². The molecule has 21 heavy (non-hydrogen) atoms. The fraction of sp³-hybridized carbons (Fsp3) is 0.357. The molecule has 106 valence electrons. The fourth-order valence-corrected chi connectivity index (χ4v) is 2.40. The van der Waals surface area contributed by atoms with E-state index in [0.717, 1.165) is 12.0 Å². The van der Waals surface area contributed by atoms with Crippen molar-refractivity contribution in [3.63, 3.8) is 0 Å². The predicted molar refractivity (Wildman–Crippen MR) is 80.1 cm³/mol. The highest BCUT2D eigenvalue weighted by atomic mass is 16.1. The smallest absolute Gasteiger partial charge is 0.158 e. The first-order chi connectivity index (χ1) is 10.2. The number of hydrogen-bond acceptors (Lipinski definition) is 3. The minimum absolute atomic E-state index is 0.120. The Labute approximate surface area is 121 Å². The number of benzene rings is 1. The SMILES string of the molecule is CC1CCC(=O)C(=Cc2cccc(N=[N+]=[N-])c2N=[N+]=[N-])C1. The Bertz CT molecular complexity index is 695. The van der Waals surface area contributed by atoms with Gasteiger partial charge in [0.2, 0.25) is 0 Å². The third-order valence-electron chi connectivity index (χ3n) is 3.46. The van der Waals surface area contributed by atoms with Crippen molar-refractivity contribution in [1.82, 2.24) is 0 Å². The molecule has 1 aliphatic carbocycles. The monoisotopic (exact) mass is 282 g/mol. The Morgan fingerprint density at radius 2 is 2.05 bits per heavy atom. The Hall–Kier alpha value is -2.75. The molecular weight excluding hydrogens is 268 g/mol. The Morgan fingerprint density at radius 1 is 1.29 bits per heavy atom. The predicted octanol–water partition coefficient (Wildman–Crippen LogP) is 5.34. The summed E-state index contributed by atoms with van der Waals surface area (Å²) in [5.74, 6) is 0.575. The largest absolute Gasteiger partial charge is 0.295 e. The lowest BCUT2D eigenvalue weighted by Crippen LogP contribution is -2.14. The van der Waals surface area contributed by atoms with Crippen LogP contribution in [0.3, 0.4) is 0 Å². The molecule has 0 bridgehead atoms. The lowest BCUT2D eigenvalue weighted by molar-refractivity contribution is -0.116. The average Bonchev–Trinajstić information content (AvgIpc) is 2.46. The summed E-state index contributed by atoms with van der Waals surface area (Å²) in [6.07, 6.45) is 3.89. The molecule has 1 aliphatic rings. The van der Waals surface area contributed by atoms with Crippen molar-refractivity contribution in [1.29, 1.82) is 0 Å². The van der Waals surface area contributed by atoms with Crippen LogP contribution < -0.4 is 0 Å². The summed E-state index contributed by atoms with van der Waals surface area (Å²) in [6.45, 7) is 2.10. The van der Waals surface area contributed by atoms with E-state index in [2.05, 4.69) is 27.0 Å². The highest BCUT2D eigenvalue weighted by Crippen LogP contribution is 2.35. The number of allylic oxidation sites excluding steroid dienone is 1. The molecular formula is C14H14N6O. The first-order valence-electron chi connectivity index (χ1n) is 6.62. The van der Waals surface area contributed by atoms with E-state index in [0.29, 0.717) is 24.3 Å². The van der Waals surface area contributed by atoms with E-state index in [9.17, 15) is 4.79 Å². The molecule has 0 heterocycles. The van der Waals surface area contributed by atoms with Crippen LogP contribution in [0.2, 0.25) is 0 Å². The van der Waals surface area contributed by atoms with Crippen LogP contribution in [0.25, 0.3) is 27.0 Å². The molecule has 7 nitrogen and oxygen atoms in total. The van der Waals surface area contributed by atoms with Gasteiger partial charge in [-0.2, -0.15) is 0 Å². The van der Waals surface area contributed by atoms with Gasteiger partial charge in [-0.05, 0) is 47.0 Å². The number of carbonyl (C=O) groups is 1. The lowest BCUT2D eigenvalue weighted by atomic mass is 9.85. The molecule has 0 radical (unpaired) electrons. The van der Waals surface area contributed by atoms with E-state index >= 15 is 0 Å². The zero-order chi connectivity index (χ0) is 15.2. The summed E-state index contributed by atoms with van der Waals surface area (Å²) in [6, 6.07) is 5.00. The highest BCUT2D eigenvalue weighted by molar-refractivity contribution is 6.01. The van der Waals surface area contributed by atoms with E-state index in [1.165, 1.54) is 0 Å². The maximum absolute atomic E-state index is 12.0. The van der Waals surface area contributed by atoms with Gasteiger partial charge in [0, 0.05) is 21.9 Å². The van der Waals surface area contributed by atoms with Gasteiger partial charge in [0.1, 0.15) is 0 Å². The summed E-state index contributed by atoms with van der Waals surface area (Å²) in [5.41, 5.74) is 19.0. The van der Waals surface area contributed by atoms with Crippen molar-refractivity contribution in [3.05, 3.63) is 50.2 Å². The molecule has 0 aromatic heterocycles. The number of rotatable bonds is 3. The summed E-state index contributed by atoms with van der Waals surface area (Å²) in [4.78, 5) is 17.5. The number of Topliss-reactive ketones (excluding diaryl/α,β-unsaturated/α-hetero) is 1. The number of nitrogens with zero attached hydrogens (tertiary/aromatic N) is 6. The van der Waals surface area contributed by atoms with E-state index in [4.69, 9.17) is 11.1 Å². The van der Waals surface area contributed by atoms with Gasteiger partial charge in [0.25, 0.3) is 0 Å². The number of hydrogen-bond donors (Lipinski definition) is 0. The lowest BCUT2D eigenvalue weighted by Gasteiger charge is -2.19. The van der Waals surface area contributed by atoms with Gasteiger partial charge in [-0.25, -0.2) is 0 Å². The van der Waals surface area contributed by atoms with Gasteiger partial charge in [0.15, 0.2) is 5.78 Å². The molecule has 0 N–H and O–H groups in total. The maximum Gasteiger partial charge on any atom is 0.158 e. The van der Waals surface area contributed by atoms with Gasteiger partial charge in [-0.15, -0.1) is 0 Å². The quantitative estimate of drug-likeness (QED) is 0.316. The standard InChI is InChI=1S/C14H14N6O/c1-9-5-6-13(21)11(7-9)8-10-3-2-4-12(17-19-15)14(10)18-20-16/h2-4,8-9H,5-7H2,1H3. The normalized spacial score (nSPS) is 19.8. The average molecular weight is 282 g/mol. The third-order valence-corrected chi connectivity index (χ3v) is 3.46. The van der Waals surface area contributed by atoms with Crippen molar-refractivity contribution in [3.8, 4) is 0 Å². The molecule has 0 aliphatic heterocycles. The Kier molecular flexibility index (Phi) is 4.61. The van der Waals surface area contributed by atoms with Crippen LogP contribution in [-0.2, 0) is 4.79 Å². The third kappa shape index (κ3) is 3.42. The zero-order valence-corrected chi connectivity index (χ0v) is 11.6. The minimum Gasteiger partial charge on any atom is -0.295 e. The first-order valence-corrected chi connectivity index (χ1v) is 6.62. The second-order valence-electron chi connectivity index (χ2n) is 5.03. The number of azide groups is 2. The molecule has 0 amide bonds. The van der Waals surface area contributed by atoms with Gasteiger partial charge < -0.3 is 0 Å².